The minimum absolute atomic E-state index is 0.294. The van der Waals surface area contributed by atoms with E-state index in [1.807, 2.05) is 19.3 Å². The van der Waals surface area contributed by atoms with Gasteiger partial charge in [-0.05, 0) is 19.9 Å². The molecule has 0 radical (unpaired) electrons. The van der Waals surface area contributed by atoms with Crippen molar-refractivity contribution in [3.63, 3.8) is 0 Å². The number of nitrogen functional groups attached to an aromatic ring is 1. The molecule has 2 saturated heterocycles. The Labute approximate surface area is 165 Å². The predicted octanol–water partition coefficient (Wildman–Crippen LogP) is 0.916. The summed E-state index contributed by atoms with van der Waals surface area (Å²) < 4.78 is 21.1. The largest absolute Gasteiger partial charge is 0.479 e. The molecular weight excluding hydrogens is 380 g/mol. The van der Waals surface area contributed by atoms with Crippen LogP contribution in [0.25, 0.3) is 22.3 Å². The molecule has 11 heteroatoms. The van der Waals surface area contributed by atoms with Crippen molar-refractivity contribution >= 4 is 22.8 Å². The highest BCUT2D eigenvalue weighted by atomic mass is 16.8. The van der Waals surface area contributed by atoms with Gasteiger partial charge in [0.15, 0.2) is 18.1 Å². The maximum Gasteiger partial charge on any atom is 0.335 e. The number of aryl methyl sites for hydroxylation is 1. The van der Waals surface area contributed by atoms with Gasteiger partial charge in [-0.3, -0.25) is 4.68 Å². The number of carbonyl (C=O) groups is 1. The van der Waals surface area contributed by atoms with Crippen LogP contribution < -0.4 is 5.73 Å². The molecule has 5 heterocycles. The number of aliphatic carboxylic acids is 1. The Morgan fingerprint density at radius 1 is 1.28 bits per heavy atom. The lowest BCUT2D eigenvalue weighted by Gasteiger charge is -2.24. The molecule has 2 aliphatic rings. The lowest BCUT2D eigenvalue weighted by molar-refractivity contribution is -0.202. The second-order valence-corrected chi connectivity index (χ2v) is 7.63. The fourth-order valence-corrected chi connectivity index (χ4v) is 4.05. The van der Waals surface area contributed by atoms with Gasteiger partial charge in [-0.1, -0.05) is 0 Å². The Balaban J connectivity index is 1.67. The summed E-state index contributed by atoms with van der Waals surface area (Å²) in [6.07, 6.45) is 1.65. The number of hydrogen-bond acceptors (Lipinski definition) is 8. The van der Waals surface area contributed by atoms with Crippen molar-refractivity contribution in [3.05, 3.63) is 24.8 Å². The average Bonchev–Trinajstić information content (AvgIpc) is 3.36. The number of rotatable bonds is 3. The van der Waals surface area contributed by atoms with Gasteiger partial charge in [0.05, 0.1) is 11.1 Å². The average molecular weight is 400 g/mol. The predicted molar refractivity (Wildman–Crippen MR) is 99.5 cm³/mol. The molecule has 0 aromatic carbocycles. The molecule has 5 rings (SSSR count). The number of ether oxygens (including phenoxy) is 3. The summed E-state index contributed by atoms with van der Waals surface area (Å²) in [5, 5.41) is 14.7. The molecule has 0 bridgehead atoms. The van der Waals surface area contributed by atoms with E-state index in [0.29, 0.717) is 22.5 Å². The van der Waals surface area contributed by atoms with Gasteiger partial charge >= 0.3 is 5.97 Å². The number of carboxylic acid groups (broad SMARTS) is 1. The smallest absolute Gasteiger partial charge is 0.335 e. The molecule has 29 heavy (non-hydrogen) atoms. The molecule has 3 N–H and O–H groups in total. The van der Waals surface area contributed by atoms with Gasteiger partial charge in [-0.2, -0.15) is 5.10 Å². The van der Waals surface area contributed by atoms with E-state index < -0.39 is 36.3 Å². The molecule has 3 aromatic heterocycles. The van der Waals surface area contributed by atoms with E-state index in [-0.39, 0.29) is 0 Å². The number of aromatic nitrogens is 5. The number of fused-ring (bicyclic) bond motifs is 2. The molecule has 2 aliphatic heterocycles. The van der Waals surface area contributed by atoms with Gasteiger partial charge in [0.25, 0.3) is 0 Å². The van der Waals surface area contributed by atoms with Gasteiger partial charge in [-0.25, -0.2) is 14.8 Å². The highest BCUT2D eigenvalue weighted by Crippen LogP contribution is 2.45. The first-order valence-electron chi connectivity index (χ1n) is 9.10. The van der Waals surface area contributed by atoms with Crippen LogP contribution in [0.3, 0.4) is 0 Å². The zero-order valence-electron chi connectivity index (χ0n) is 16.0. The summed E-state index contributed by atoms with van der Waals surface area (Å²) in [4.78, 5) is 20.2. The van der Waals surface area contributed by atoms with E-state index >= 15 is 0 Å². The molecule has 0 amide bonds. The lowest BCUT2D eigenvalue weighted by Crippen LogP contribution is -2.35. The molecular formula is C18H20N6O5. The quantitative estimate of drug-likeness (QED) is 0.656. The Hall–Kier alpha value is -3.02. The van der Waals surface area contributed by atoms with Crippen molar-refractivity contribution in [3.8, 4) is 11.3 Å². The van der Waals surface area contributed by atoms with Crippen LogP contribution in [0.5, 0.6) is 0 Å². The molecule has 0 unspecified atom stereocenters. The van der Waals surface area contributed by atoms with Crippen molar-refractivity contribution in [1.29, 1.82) is 0 Å². The minimum atomic E-state index is -1.17. The first-order valence-corrected chi connectivity index (χ1v) is 9.10. The zero-order chi connectivity index (χ0) is 20.5. The van der Waals surface area contributed by atoms with Gasteiger partial charge < -0.3 is 29.6 Å². The Morgan fingerprint density at radius 3 is 2.72 bits per heavy atom. The molecule has 0 aliphatic carbocycles. The third-order valence-corrected chi connectivity index (χ3v) is 5.17. The van der Waals surface area contributed by atoms with Gasteiger partial charge in [0.2, 0.25) is 0 Å². The van der Waals surface area contributed by atoms with Crippen LogP contribution in [0.4, 0.5) is 5.82 Å². The number of anilines is 1. The SMILES string of the molecule is Cn1ccc(-c2cn([C@@H]3O[C@H](C(=O)O)[C@H]4OC(C)(C)O[C@H]43)c3ncnc(N)c23)n1. The highest BCUT2D eigenvalue weighted by Gasteiger charge is 2.58. The maximum absolute atomic E-state index is 11.8. The van der Waals surface area contributed by atoms with Crippen molar-refractivity contribution in [2.45, 2.75) is 44.2 Å². The van der Waals surface area contributed by atoms with Crippen molar-refractivity contribution in [2.24, 2.45) is 7.05 Å². The van der Waals surface area contributed by atoms with Gasteiger partial charge in [-0.15, -0.1) is 0 Å². The molecule has 0 spiro atoms. The molecule has 0 saturated carbocycles. The van der Waals surface area contributed by atoms with Crippen LogP contribution in [-0.2, 0) is 26.1 Å². The van der Waals surface area contributed by atoms with Gasteiger partial charge in [0.1, 0.15) is 30.0 Å². The molecule has 2 fully saturated rings. The number of nitrogens with two attached hydrogens (primary N) is 1. The number of carboxylic acids is 1. The summed E-state index contributed by atoms with van der Waals surface area (Å²) in [5.74, 6) is -1.74. The lowest BCUT2D eigenvalue weighted by atomic mass is 10.1. The van der Waals surface area contributed by atoms with E-state index in [1.54, 1.807) is 29.3 Å². The molecule has 11 nitrogen and oxygen atoms in total. The second kappa shape index (κ2) is 5.99. The standard InChI is InChI=1S/C18H20N6O5/c1-18(2)28-11-12(29-18)16(27-13(11)17(25)26)24-6-8(9-4-5-23(3)22-9)10-14(19)20-7-21-15(10)24/h4-7,11-13,16H,1-3H3,(H,25,26)(H2,19,20,21)/t11-,12+,13-,16+/m0/s1. The summed E-state index contributed by atoms with van der Waals surface area (Å²) >= 11 is 0. The van der Waals surface area contributed by atoms with Crippen LogP contribution in [-0.4, -0.2) is 59.5 Å². The van der Waals surface area contributed by atoms with E-state index in [4.69, 9.17) is 19.9 Å². The number of nitrogens with zero attached hydrogens (tertiary/aromatic N) is 5. The first-order chi connectivity index (χ1) is 13.7. The number of hydrogen-bond donors (Lipinski definition) is 2. The molecule has 3 aromatic rings. The Kier molecular flexibility index (Phi) is 3.72. The normalized spacial score (nSPS) is 28.1. The molecule has 4 atom stereocenters. The third kappa shape index (κ3) is 2.69. The summed E-state index contributed by atoms with van der Waals surface area (Å²) in [5.41, 5.74) is 8.05. The van der Waals surface area contributed by atoms with Crippen molar-refractivity contribution in [1.82, 2.24) is 24.3 Å². The minimum Gasteiger partial charge on any atom is -0.479 e. The fourth-order valence-electron chi connectivity index (χ4n) is 4.05. The first kappa shape index (κ1) is 18.0. The van der Waals surface area contributed by atoms with E-state index in [9.17, 15) is 9.90 Å². The van der Waals surface area contributed by atoms with Crippen molar-refractivity contribution < 1.29 is 24.1 Å². The Morgan fingerprint density at radius 2 is 2.03 bits per heavy atom. The van der Waals surface area contributed by atoms with Crippen molar-refractivity contribution in [2.75, 3.05) is 5.73 Å². The van der Waals surface area contributed by atoms with Crippen LogP contribution in [0.15, 0.2) is 24.8 Å². The monoisotopic (exact) mass is 400 g/mol. The van der Waals surface area contributed by atoms with E-state index in [1.165, 1.54) is 6.33 Å². The van der Waals surface area contributed by atoms with Crippen LogP contribution in [0.1, 0.15) is 20.1 Å². The Bertz CT molecular complexity index is 1120. The zero-order valence-corrected chi connectivity index (χ0v) is 16.0. The molecule has 152 valence electrons. The fraction of sp³-hybridized carbons (Fsp3) is 0.444. The van der Waals surface area contributed by atoms with Crippen LogP contribution >= 0.6 is 0 Å². The van der Waals surface area contributed by atoms with Crippen LogP contribution in [0, 0.1) is 0 Å². The topological polar surface area (TPSA) is 140 Å². The van der Waals surface area contributed by atoms with E-state index in [0.717, 1.165) is 5.56 Å². The van der Waals surface area contributed by atoms with Gasteiger partial charge in [0, 0.05) is 25.0 Å². The summed E-state index contributed by atoms with van der Waals surface area (Å²) in [7, 11) is 1.82. The summed E-state index contributed by atoms with van der Waals surface area (Å²) in [6, 6.07) is 1.85. The maximum atomic E-state index is 11.8. The van der Waals surface area contributed by atoms with Crippen LogP contribution in [0.2, 0.25) is 0 Å². The highest BCUT2D eigenvalue weighted by molar-refractivity contribution is 5.99. The van der Waals surface area contributed by atoms with E-state index in [2.05, 4.69) is 15.1 Å². The third-order valence-electron chi connectivity index (χ3n) is 5.17. The summed E-state index contributed by atoms with van der Waals surface area (Å²) in [6.45, 7) is 3.49. The second-order valence-electron chi connectivity index (χ2n) is 7.63.